The fraction of sp³-hybridized carbons (Fsp3) is 0. The van der Waals surface area contributed by atoms with Gasteiger partial charge in [-0.15, -0.1) is 0 Å². The van der Waals surface area contributed by atoms with Gasteiger partial charge in [0.2, 0.25) is 0 Å². The Morgan fingerprint density at radius 2 is 1.00 bits per heavy atom. The molecule has 7 heavy (non-hydrogen) atoms. The summed E-state index contributed by atoms with van der Waals surface area (Å²) in [5, 5.41) is 16.5. The van der Waals surface area contributed by atoms with Crippen LogP contribution in [0.15, 0.2) is 0 Å². The van der Waals surface area contributed by atoms with Crippen molar-refractivity contribution in [3.8, 4) is 0 Å². The zero-order chi connectivity index (χ0) is 5.41. The molecule has 0 bridgehead atoms. The van der Waals surface area contributed by atoms with E-state index in [1.807, 2.05) is 0 Å². The number of rotatable bonds is 0. The zero-order valence-corrected chi connectivity index (χ0v) is 4.52. The minimum Gasteiger partial charge on any atom is -0.554 e. The molecular formula is C2H2AlO4-2. The Balaban J connectivity index is -0.0000000400. The van der Waals surface area contributed by atoms with Crippen molar-refractivity contribution in [3.05, 3.63) is 0 Å². The largest absolute Gasteiger partial charge is 0.554 e. The van der Waals surface area contributed by atoms with Crippen LogP contribution >= 0.6 is 0 Å². The molecule has 0 aliphatic heterocycles. The Bertz CT molecular complexity index is 30.7. The molecule has 0 saturated carbocycles. The number of carboxylic acid groups (broad SMARTS) is 2. The predicted molar refractivity (Wildman–Crippen MR) is 17.9 cm³/mol. The Labute approximate surface area is 50.9 Å². The summed E-state index contributed by atoms with van der Waals surface area (Å²) >= 11 is 0. The van der Waals surface area contributed by atoms with Crippen molar-refractivity contribution in [2.45, 2.75) is 0 Å². The Morgan fingerprint density at radius 1 is 1.00 bits per heavy atom. The van der Waals surface area contributed by atoms with Crippen molar-refractivity contribution < 1.29 is 19.8 Å². The lowest BCUT2D eigenvalue weighted by molar-refractivity contribution is -0.284. The molecule has 0 heterocycles. The summed E-state index contributed by atoms with van der Waals surface area (Å²) in [5.74, 6) is 0. The van der Waals surface area contributed by atoms with E-state index in [1.54, 1.807) is 0 Å². The van der Waals surface area contributed by atoms with Gasteiger partial charge < -0.3 is 19.8 Å². The van der Waals surface area contributed by atoms with Crippen LogP contribution in [0.25, 0.3) is 0 Å². The van der Waals surface area contributed by atoms with Crippen molar-refractivity contribution in [3.63, 3.8) is 0 Å². The summed E-state index contributed by atoms with van der Waals surface area (Å²) in [6, 6.07) is 0. The van der Waals surface area contributed by atoms with E-state index in [0.717, 1.165) is 0 Å². The van der Waals surface area contributed by atoms with Gasteiger partial charge in [0.1, 0.15) is 0 Å². The minimum atomic E-state index is -0.500. The molecule has 0 aliphatic carbocycles. The molecule has 0 unspecified atom stereocenters. The normalized spacial score (nSPS) is 3.43. The SMILES string of the molecule is O=C[O-].O=C[O-].[Al]. The third-order valence-electron chi connectivity index (χ3n) is 0. The molecule has 0 rings (SSSR count). The van der Waals surface area contributed by atoms with Gasteiger partial charge in [0.25, 0.3) is 0 Å². The molecule has 0 spiro atoms. The molecule has 39 valence electrons. The molecule has 0 aromatic rings. The second kappa shape index (κ2) is 50.5. The Hall–Kier alpha value is -0.528. The quantitative estimate of drug-likeness (QED) is 0.242. The molecule has 0 N–H and O–H groups in total. The molecule has 0 fully saturated rings. The van der Waals surface area contributed by atoms with Crippen LogP contribution in [0, 0.1) is 0 Å². The third kappa shape index (κ3) is 237. The van der Waals surface area contributed by atoms with E-state index in [2.05, 4.69) is 0 Å². The summed E-state index contributed by atoms with van der Waals surface area (Å²) in [5.41, 5.74) is 0. The van der Waals surface area contributed by atoms with Crippen LogP contribution in [0.1, 0.15) is 0 Å². The van der Waals surface area contributed by atoms with Crippen molar-refractivity contribution in [2.75, 3.05) is 0 Å². The molecular weight excluding hydrogens is 115 g/mol. The van der Waals surface area contributed by atoms with Crippen LogP contribution in [-0.4, -0.2) is 30.3 Å². The zero-order valence-electron chi connectivity index (χ0n) is 3.37. The Morgan fingerprint density at radius 3 is 1.00 bits per heavy atom. The van der Waals surface area contributed by atoms with Gasteiger partial charge in [-0.2, -0.15) is 0 Å². The fourth-order valence-electron chi connectivity index (χ4n) is 0. The smallest absolute Gasteiger partial charge is 0.0275 e. The fourth-order valence-corrected chi connectivity index (χ4v) is 0. The average molecular weight is 117 g/mol. The lowest BCUT2D eigenvalue weighted by Gasteiger charge is -1.52. The first-order chi connectivity index (χ1) is 2.83. The van der Waals surface area contributed by atoms with Gasteiger partial charge in [-0.05, 0) is 0 Å². The van der Waals surface area contributed by atoms with Gasteiger partial charge in [-0.1, -0.05) is 0 Å². The summed E-state index contributed by atoms with van der Waals surface area (Å²) in [6.07, 6.45) is 0. The second-order valence-corrected chi connectivity index (χ2v) is 0.192. The van der Waals surface area contributed by atoms with Gasteiger partial charge in [0.15, 0.2) is 0 Å². The van der Waals surface area contributed by atoms with E-state index in [1.165, 1.54) is 0 Å². The van der Waals surface area contributed by atoms with Crippen molar-refractivity contribution in [2.24, 2.45) is 0 Å². The van der Waals surface area contributed by atoms with Gasteiger partial charge in [-0.3, -0.25) is 0 Å². The maximum absolute atomic E-state index is 8.25. The summed E-state index contributed by atoms with van der Waals surface area (Å²) in [7, 11) is 0. The van der Waals surface area contributed by atoms with Crippen LogP contribution in [0.5, 0.6) is 0 Å². The van der Waals surface area contributed by atoms with Gasteiger partial charge in [-0.25, -0.2) is 0 Å². The lowest BCUT2D eigenvalue weighted by Crippen LogP contribution is -2.01. The first-order valence-electron chi connectivity index (χ1n) is 0.943. The van der Waals surface area contributed by atoms with E-state index in [0.29, 0.717) is 0 Å². The molecule has 0 amide bonds. The van der Waals surface area contributed by atoms with Crippen LogP contribution < -0.4 is 10.2 Å². The van der Waals surface area contributed by atoms with Crippen LogP contribution in [-0.2, 0) is 9.59 Å². The Kier molecular flexibility index (Phi) is 116. The van der Waals surface area contributed by atoms with Crippen molar-refractivity contribution >= 4 is 30.3 Å². The van der Waals surface area contributed by atoms with Crippen molar-refractivity contribution in [1.29, 1.82) is 0 Å². The monoisotopic (exact) mass is 117 g/mol. The molecule has 0 aromatic carbocycles. The molecule has 0 aromatic heterocycles. The molecule has 4 nitrogen and oxygen atoms in total. The maximum Gasteiger partial charge on any atom is 0.0275 e. The van der Waals surface area contributed by atoms with E-state index in [-0.39, 0.29) is 17.4 Å². The topological polar surface area (TPSA) is 80.3 Å². The summed E-state index contributed by atoms with van der Waals surface area (Å²) in [4.78, 5) is 16.5. The minimum absolute atomic E-state index is 0. The summed E-state index contributed by atoms with van der Waals surface area (Å²) in [6.45, 7) is -1.00. The predicted octanol–water partition coefficient (Wildman–Crippen LogP) is -3.65. The molecule has 0 saturated heterocycles. The number of carbonyl (C=O) groups excluding carboxylic acids is 2. The van der Waals surface area contributed by atoms with Gasteiger partial charge in [0.05, 0.1) is 0 Å². The highest BCUT2D eigenvalue weighted by Crippen LogP contribution is 0.757. The lowest BCUT2D eigenvalue weighted by atomic mass is 11.7. The first-order valence-corrected chi connectivity index (χ1v) is 0.943. The molecule has 5 heteroatoms. The highest BCUT2D eigenvalue weighted by molar-refractivity contribution is 5.75. The average Bonchev–Trinajstić information content (AvgIpc) is 1.39. The molecule has 0 atom stereocenters. The van der Waals surface area contributed by atoms with Crippen molar-refractivity contribution in [1.82, 2.24) is 0 Å². The second-order valence-electron chi connectivity index (χ2n) is 0.192. The highest BCUT2D eigenvalue weighted by Gasteiger charge is 0.999. The standard InChI is InChI=1S/2CH2O2.Al/c2*2-1-3;/h2*1H,(H,2,3);/p-2. The van der Waals surface area contributed by atoms with E-state index >= 15 is 0 Å². The third-order valence-corrected chi connectivity index (χ3v) is 0. The maximum atomic E-state index is 8.25. The molecule has 0 aliphatic rings. The van der Waals surface area contributed by atoms with E-state index in [4.69, 9.17) is 19.8 Å². The number of carbonyl (C=O) groups is 2. The molecule has 3 radical (unpaired) electrons. The van der Waals surface area contributed by atoms with Crippen LogP contribution in [0.2, 0.25) is 0 Å². The number of hydrogen-bond donors (Lipinski definition) is 0. The van der Waals surface area contributed by atoms with E-state index < -0.39 is 12.9 Å². The van der Waals surface area contributed by atoms with Gasteiger partial charge in [0, 0.05) is 30.3 Å². The van der Waals surface area contributed by atoms with E-state index in [9.17, 15) is 0 Å². The summed E-state index contributed by atoms with van der Waals surface area (Å²) < 4.78 is 0. The van der Waals surface area contributed by atoms with Gasteiger partial charge >= 0.3 is 0 Å². The number of hydrogen-bond acceptors (Lipinski definition) is 4. The first kappa shape index (κ1) is 16.1. The van der Waals surface area contributed by atoms with Crippen LogP contribution in [0.3, 0.4) is 0 Å². The van der Waals surface area contributed by atoms with Crippen LogP contribution in [0.4, 0.5) is 0 Å². The highest BCUT2D eigenvalue weighted by atomic mass is 27.0.